The minimum absolute atomic E-state index is 0.0225. The van der Waals surface area contributed by atoms with E-state index in [1.807, 2.05) is 38.6 Å². The smallest absolute Gasteiger partial charge is 0.228 e. The predicted molar refractivity (Wildman–Crippen MR) is 68.9 cm³/mol. The average molecular weight is 238 g/mol. The van der Waals surface area contributed by atoms with Gasteiger partial charge >= 0.3 is 0 Å². The van der Waals surface area contributed by atoms with Crippen LogP contribution in [0.25, 0.3) is 0 Å². The third kappa shape index (κ3) is 4.19. The molecule has 2 N–H and O–H groups in total. The Morgan fingerprint density at radius 1 is 1.47 bits per heavy atom. The van der Waals surface area contributed by atoms with Gasteiger partial charge in [-0.3, -0.25) is 9.48 Å². The number of amides is 1. The Bertz CT molecular complexity index is 359. The molecule has 1 aromatic heterocycles. The Morgan fingerprint density at radius 2 is 2.18 bits per heavy atom. The molecule has 17 heavy (non-hydrogen) atoms. The molecule has 96 valence electrons. The molecule has 1 atom stereocenters. The molecule has 5 heteroatoms. The van der Waals surface area contributed by atoms with Crippen molar-refractivity contribution in [1.29, 1.82) is 0 Å². The predicted octanol–water partition coefficient (Wildman–Crippen LogP) is 1.65. The summed E-state index contributed by atoms with van der Waals surface area (Å²) in [6.45, 7) is 9.60. The number of anilines is 1. The van der Waals surface area contributed by atoms with Crippen molar-refractivity contribution in [1.82, 2.24) is 15.1 Å². The third-order valence-corrected chi connectivity index (χ3v) is 2.55. The molecule has 1 heterocycles. The fraction of sp³-hybridized carbons (Fsp3) is 0.667. The van der Waals surface area contributed by atoms with Crippen LogP contribution in [-0.2, 0) is 4.79 Å². The highest BCUT2D eigenvalue weighted by Gasteiger charge is 2.13. The maximum absolute atomic E-state index is 11.8. The van der Waals surface area contributed by atoms with E-state index in [1.54, 1.807) is 6.20 Å². The SMILES string of the molecule is CCNCC(C)C(=O)Nc1cnn(C(C)C)c1. The number of nitrogens with zero attached hydrogens (tertiary/aromatic N) is 2. The maximum Gasteiger partial charge on any atom is 0.228 e. The number of hydrogen-bond acceptors (Lipinski definition) is 3. The van der Waals surface area contributed by atoms with Gasteiger partial charge < -0.3 is 10.6 Å². The van der Waals surface area contributed by atoms with Crippen molar-refractivity contribution < 1.29 is 4.79 Å². The Kier molecular flexibility index (Phi) is 5.15. The van der Waals surface area contributed by atoms with Crippen molar-refractivity contribution in [2.24, 2.45) is 5.92 Å². The molecule has 0 radical (unpaired) electrons. The second-order valence-corrected chi connectivity index (χ2v) is 4.50. The first-order chi connectivity index (χ1) is 8.04. The molecular formula is C12H22N4O. The van der Waals surface area contributed by atoms with Gasteiger partial charge in [0, 0.05) is 24.7 Å². The molecule has 0 aliphatic heterocycles. The van der Waals surface area contributed by atoms with Gasteiger partial charge in [0.1, 0.15) is 0 Å². The van der Waals surface area contributed by atoms with Crippen molar-refractivity contribution >= 4 is 11.6 Å². The second-order valence-electron chi connectivity index (χ2n) is 4.50. The molecule has 1 aromatic rings. The Labute approximate surface area is 103 Å². The summed E-state index contributed by atoms with van der Waals surface area (Å²) in [5, 5.41) is 10.2. The van der Waals surface area contributed by atoms with Crippen LogP contribution >= 0.6 is 0 Å². The lowest BCUT2D eigenvalue weighted by molar-refractivity contribution is -0.119. The van der Waals surface area contributed by atoms with Crippen molar-refractivity contribution in [2.75, 3.05) is 18.4 Å². The van der Waals surface area contributed by atoms with E-state index in [1.165, 1.54) is 0 Å². The molecule has 0 saturated heterocycles. The van der Waals surface area contributed by atoms with Gasteiger partial charge in [0.2, 0.25) is 5.91 Å². The summed E-state index contributed by atoms with van der Waals surface area (Å²) in [4.78, 5) is 11.8. The standard InChI is InChI=1S/C12H22N4O/c1-5-13-6-10(4)12(17)15-11-7-14-16(8-11)9(2)3/h7-10,13H,5-6H2,1-4H3,(H,15,17). The quantitative estimate of drug-likeness (QED) is 0.792. The first-order valence-corrected chi connectivity index (χ1v) is 6.10. The summed E-state index contributed by atoms with van der Waals surface area (Å²) >= 11 is 0. The summed E-state index contributed by atoms with van der Waals surface area (Å²) in [6.07, 6.45) is 3.53. The average Bonchev–Trinajstić information content (AvgIpc) is 2.74. The van der Waals surface area contributed by atoms with Crippen molar-refractivity contribution in [3.63, 3.8) is 0 Å². The fourth-order valence-corrected chi connectivity index (χ4v) is 1.40. The highest BCUT2D eigenvalue weighted by Crippen LogP contribution is 2.11. The molecule has 1 rings (SSSR count). The Hall–Kier alpha value is -1.36. The Balaban J connectivity index is 2.49. The highest BCUT2D eigenvalue weighted by atomic mass is 16.1. The maximum atomic E-state index is 11.8. The lowest BCUT2D eigenvalue weighted by atomic mass is 10.1. The summed E-state index contributed by atoms with van der Waals surface area (Å²) in [6, 6.07) is 0.305. The Morgan fingerprint density at radius 3 is 2.71 bits per heavy atom. The lowest BCUT2D eigenvalue weighted by Gasteiger charge is -2.11. The number of rotatable bonds is 6. The third-order valence-electron chi connectivity index (χ3n) is 2.55. The van der Waals surface area contributed by atoms with Crippen molar-refractivity contribution in [3.8, 4) is 0 Å². The van der Waals surface area contributed by atoms with E-state index in [4.69, 9.17) is 0 Å². The molecule has 0 fully saturated rings. The van der Waals surface area contributed by atoms with Crippen LogP contribution in [0.2, 0.25) is 0 Å². The van der Waals surface area contributed by atoms with Crippen molar-refractivity contribution in [2.45, 2.75) is 33.7 Å². The zero-order chi connectivity index (χ0) is 12.8. The number of carbonyl (C=O) groups excluding carboxylic acids is 1. The van der Waals surface area contributed by atoms with Crippen molar-refractivity contribution in [3.05, 3.63) is 12.4 Å². The summed E-state index contributed by atoms with van der Waals surface area (Å²) in [7, 11) is 0. The minimum Gasteiger partial charge on any atom is -0.323 e. The van der Waals surface area contributed by atoms with Crippen LogP contribution in [0.5, 0.6) is 0 Å². The largest absolute Gasteiger partial charge is 0.323 e. The van der Waals surface area contributed by atoms with E-state index < -0.39 is 0 Å². The van der Waals surface area contributed by atoms with Gasteiger partial charge in [0.05, 0.1) is 11.9 Å². The van der Waals surface area contributed by atoms with Gasteiger partial charge in [0.25, 0.3) is 0 Å². The van der Waals surface area contributed by atoms with Crippen LogP contribution in [0.1, 0.15) is 33.7 Å². The van der Waals surface area contributed by atoms with Crippen LogP contribution in [0, 0.1) is 5.92 Å². The monoisotopic (exact) mass is 238 g/mol. The zero-order valence-electron chi connectivity index (χ0n) is 11.0. The van der Waals surface area contributed by atoms with Gasteiger partial charge in [-0.1, -0.05) is 13.8 Å². The van der Waals surface area contributed by atoms with Gasteiger partial charge in [0.15, 0.2) is 0 Å². The van der Waals surface area contributed by atoms with E-state index >= 15 is 0 Å². The van der Waals surface area contributed by atoms with Gasteiger partial charge in [-0.25, -0.2) is 0 Å². The van der Waals surface area contributed by atoms with E-state index in [0.29, 0.717) is 12.6 Å². The van der Waals surface area contributed by atoms with Gasteiger partial charge in [-0.15, -0.1) is 0 Å². The van der Waals surface area contributed by atoms with E-state index in [0.717, 1.165) is 12.2 Å². The molecule has 1 unspecified atom stereocenters. The van der Waals surface area contributed by atoms with Crippen LogP contribution in [0.3, 0.4) is 0 Å². The summed E-state index contributed by atoms with van der Waals surface area (Å²) in [5.41, 5.74) is 0.757. The number of carbonyl (C=O) groups is 1. The van der Waals surface area contributed by atoms with E-state index in [2.05, 4.69) is 15.7 Å². The molecule has 0 bridgehead atoms. The van der Waals surface area contributed by atoms with E-state index in [9.17, 15) is 4.79 Å². The normalized spacial score (nSPS) is 12.8. The van der Waals surface area contributed by atoms with Gasteiger partial charge in [-0.2, -0.15) is 5.10 Å². The molecule has 0 saturated carbocycles. The highest BCUT2D eigenvalue weighted by molar-refractivity contribution is 5.92. The molecular weight excluding hydrogens is 216 g/mol. The first kappa shape index (κ1) is 13.7. The molecule has 0 aliphatic carbocycles. The van der Waals surface area contributed by atoms with E-state index in [-0.39, 0.29) is 11.8 Å². The van der Waals surface area contributed by atoms with Crippen LogP contribution in [-0.4, -0.2) is 28.8 Å². The van der Waals surface area contributed by atoms with Crippen LogP contribution in [0.15, 0.2) is 12.4 Å². The molecule has 0 aliphatic rings. The molecule has 5 nitrogen and oxygen atoms in total. The zero-order valence-corrected chi connectivity index (χ0v) is 11.0. The fourth-order valence-electron chi connectivity index (χ4n) is 1.40. The van der Waals surface area contributed by atoms with Crippen LogP contribution < -0.4 is 10.6 Å². The number of nitrogens with one attached hydrogen (secondary N) is 2. The second kappa shape index (κ2) is 6.39. The molecule has 0 spiro atoms. The van der Waals surface area contributed by atoms with Crippen LogP contribution in [0.4, 0.5) is 5.69 Å². The number of hydrogen-bond donors (Lipinski definition) is 2. The van der Waals surface area contributed by atoms with Gasteiger partial charge in [-0.05, 0) is 20.4 Å². The molecule has 1 amide bonds. The minimum atomic E-state index is -0.0441. The topological polar surface area (TPSA) is 59.0 Å². The number of aromatic nitrogens is 2. The first-order valence-electron chi connectivity index (χ1n) is 6.10. The molecule has 0 aromatic carbocycles. The lowest BCUT2D eigenvalue weighted by Crippen LogP contribution is -2.30. The summed E-state index contributed by atoms with van der Waals surface area (Å²) < 4.78 is 1.82. The summed E-state index contributed by atoms with van der Waals surface area (Å²) in [5.74, 6) is -0.0217.